The normalized spacial score (nSPS) is 16.8. The highest BCUT2D eigenvalue weighted by Gasteiger charge is 2.30. The Morgan fingerprint density at radius 3 is 2.62 bits per heavy atom. The van der Waals surface area contributed by atoms with E-state index in [2.05, 4.69) is 25.7 Å². The topological polar surface area (TPSA) is 110 Å². The molecule has 0 bridgehead atoms. The Kier molecular flexibility index (Phi) is 5.01. The van der Waals surface area contributed by atoms with Crippen LogP contribution in [-0.2, 0) is 4.74 Å². The Labute approximate surface area is 140 Å². The maximum Gasteiger partial charge on any atom is 0.249 e. The number of nitrogens with one attached hydrogen (secondary N) is 1. The maximum absolute atomic E-state index is 8.83. The molecule has 24 heavy (non-hydrogen) atoms. The molecular formula is C16H20N6O2. The third-order valence-corrected chi connectivity index (χ3v) is 4.06. The second kappa shape index (κ2) is 7.36. The molecule has 3 rings (SSSR count). The zero-order valence-corrected chi connectivity index (χ0v) is 13.8. The molecule has 1 saturated heterocycles. The standard InChI is InChI=1S/C16H20N6O2/c1-10(2)15-19-16(24-22-15)14(11-5-7-23-8-6-11)18-13-4-3-12(9-17)20-21-13/h3-4,10-11,14H,5-8H2,1-2H3,(H,18,21)/t14-/m1/s1. The van der Waals surface area contributed by atoms with Gasteiger partial charge in [0.05, 0.1) is 0 Å². The van der Waals surface area contributed by atoms with Gasteiger partial charge in [-0.25, -0.2) is 0 Å². The highest BCUT2D eigenvalue weighted by molar-refractivity contribution is 5.37. The molecular weight excluding hydrogens is 308 g/mol. The third-order valence-electron chi connectivity index (χ3n) is 4.06. The van der Waals surface area contributed by atoms with Crippen LogP contribution in [0.1, 0.15) is 56.1 Å². The Bertz CT molecular complexity index is 700. The summed E-state index contributed by atoms with van der Waals surface area (Å²) in [6, 6.07) is 5.17. The highest BCUT2D eigenvalue weighted by Crippen LogP contribution is 2.32. The Balaban J connectivity index is 1.84. The average Bonchev–Trinajstić information content (AvgIpc) is 3.11. The summed E-state index contributed by atoms with van der Waals surface area (Å²) in [5.41, 5.74) is 0.281. The van der Waals surface area contributed by atoms with E-state index >= 15 is 0 Å². The van der Waals surface area contributed by atoms with E-state index in [-0.39, 0.29) is 17.7 Å². The first-order valence-corrected chi connectivity index (χ1v) is 8.09. The third kappa shape index (κ3) is 3.68. The van der Waals surface area contributed by atoms with E-state index in [1.807, 2.05) is 19.9 Å². The molecule has 0 spiro atoms. The van der Waals surface area contributed by atoms with Crippen molar-refractivity contribution in [1.82, 2.24) is 20.3 Å². The minimum Gasteiger partial charge on any atom is -0.381 e. The smallest absolute Gasteiger partial charge is 0.249 e. The fourth-order valence-electron chi connectivity index (χ4n) is 2.67. The lowest BCUT2D eigenvalue weighted by molar-refractivity contribution is 0.0570. The summed E-state index contributed by atoms with van der Waals surface area (Å²) in [4.78, 5) is 4.53. The number of nitrogens with zero attached hydrogens (tertiary/aromatic N) is 5. The summed E-state index contributed by atoms with van der Waals surface area (Å²) in [5, 5.41) is 24.1. The van der Waals surface area contributed by atoms with Crippen molar-refractivity contribution in [2.24, 2.45) is 5.92 Å². The molecule has 3 heterocycles. The molecule has 1 N–H and O–H groups in total. The van der Waals surface area contributed by atoms with E-state index < -0.39 is 0 Å². The van der Waals surface area contributed by atoms with Crippen LogP contribution in [0.2, 0.25) is 0 Å². The van der Waals surface area contributed by atoms with Gasteiger partial charge in [0.1, 0.15) is 17.9 Å². The summed E-state index contributed by atoms with van der Waals surface area (Å²) in [6.07, 6.45) is 1.81. The Morgan fingerprint density at radius 1 is 1.25 bits per heavy atom. The van der Waals surface area contributed by atoms with Crippen LogP contribution in [0.5, 0.6) is 0 Å². The zero-order valence-electron chi connectivity index (χ0n) is 13.8. The molecule has 0 aliphatic carbocycles. The van der Waals surface area contributed by atoms with E-state index in [9.17, 15) is 0 Å². The molecule has 0 amide bonds. The van der Waals surface area contributed by atoms with Crippen molar-refractivity contribution in [1.29, 1.82) is 5.26 Å². The average molecular weight is 328 g/mol. The van der Waals surface area contributed by atoms with Crippen molar-refractivity contribution >= 4 is 5.82 Å². The number of rotatable bonds is 5. The highest BCUT2D eigenvalue weighted by atomic mass is 16.5. The van der Waals surface area contributed by atoms with Gasteiger partial charge >= 0.3 is 0 Å². The first-order valence-electron chi connectivity index (χ1n) is 8.09. The molecule has 1 fully saturated rings. The zero-order chi connectivity index (χ0) is 16.9. The van der Waals surface area contributed by atoms with Gasteiger partial charge in [0.25, 0.3) is 0 Å². The molecule has 1 aliphatic rings. The second-order valence-electron chi connectivity index (χ2n) is 6.13. The molecule has 2 aromatic rings. The summed E-state index contributed by atoms with van der Waals surface area (Å²) < 4.78 is 10.9. The van der Waals surface area contributed by atoms with Gasteiger partial charge < -0.3 is 14.6 Å². The summed E-state index contributed by atoms with van der Waals surface area (Å²) >= 11 is 0. The van der Waals surface area contributed by atoms with Gasteiger partial charge in [-0.15, -0.1) is 10.2 Å². The van der Waals surface area contributed by atoms with E-state index in [0.717, 1.165) is 12.8 Å². The molecule has 0 unspecified atom stereocenters. The van der Waals surface area contributed by atoms with Gasteiger partial charge in [-0.05, 0) is 30.9 Å². The molecule has 126 valence electrons. The summed E-state index contributed by atoms with van der Waals surface area (Å²) in [7, 11) is 0. The lowest BCUT2D eigenvalue weighted by Gasteiger charge is -2.28. The van der Waals surface area contributed by atoms with Crippen LogP contribution in [0.15, 0.2) is 16.7 Å². The van der Waals surface area contributed by atoms with Gasteiger partial charge in [-0.3, -0.25) is 0 Å². The fraction of sp³-hybridized carbons (Fsp3) is 0.562. The molecule has 8 heteroatoms. The predicted molar refractivity (Wildman–Crippen MR) is 85.0 cm³/mol. The lowest BCUT2D eigenvalue weighted by Crippen LogP contribution is -2.27. The summed E-state index contributed by atoms with van der Waals surface area (Å²) in [6.45, 7) is 5.48. The molecule has 1 aliphatic heterocycles. The van der Waals surface area contributed by atoms with Gasteiger partial charge in [-0.1, -0.05) is 19.0 Å². The van der Waals surface area contributed by atoms with Crippen molar-refractivity contribution in [3.63, 3.8) is 0 Å². The van der Waals surface area contributed by atoms with E-state index in [4.69, 9.17) is 14.5 Å². The van der Waals surface area contributed by atoms with Crippen LogP contribution in [0.25, 0.3) is 0 Å². The first-order chi connectivity index (χ1) is 11.7. The van der Waals surface area contributed by atoms with Crippen LogP contribution < -0.4 is 5.32 Å². The number of ether oxygens (including phenoxy) is 1. The minimum absolute atomic E-state index is 0.156. The molecule has 2 aromatic heterocycles. The molecule has 8 nitrogen and oxygen atoms in total. The van der Waals surface area contributed by atoms with Crippen LogP contribution in [-0.4, -0.2) is 33.6 Å². The van der Waals surface area contributed by atoms with E-state index in [0.29, 0.717) is 36.7 Å². The second-order valence-corrected chi connectivity index (χ2v) is 6.13. The van der Waals surface area contributed by atoms with Crippen molar-refractivity contribution < 1.29 is 9.26 Å². The predicted octanol–water partition coefficient (Wildman–Crippen LogP) is 2.43. The van der Waals surface area contributed by atoms with Gasteiger partial charge in [-0.2, -0.15) is 10.2 Å². The van der Waals surface area contributed by atoms with Crippen LogP contribution >= 0.6 is 0 Å². The van der Waals surface area contributed by atoms with Gasteiger partial charge in [0, 0.05) is 19.1 Å². The van der Waals surface area contributed by atoms with E-state index in [1.54, 1.807) is 12.1 Å². The van der Waals surface area contributed by atoms with Crippen molar-refractivity contribution in [3.8, 4) is 6.07 Å². The quantitative estimate of drug-likeness (QED) is 0.891. The number of anilines is 1. The van der Waals surface area contributed by atoms with Gasteiger partial charge in [0.15, 0.2) is 11.5 Å². The van der Waals surface area contributed by atoms with Crippen LogP contribution in [0.3, 0.4) is 0 Å². The van der Waals surface area contributed by atoms with E-state index in [1.165, 1.54) is 0 Å². The maximum atomic E-state index is 8.83. The number of aromatic nitrogens is 4. The number of hydrogen-bond acceptors (Lipinski definition) is 8. The van der Waals surface area contributed by atoms with Crippen LogP contribution in [0.4, 0.5) is 5.82 Å². The number of hydrogen-bond donors (Lipinski definition) is 1. The lowest BCUT2D eigenvalue weighted by atomic mass is 9.91. The molecule has 1 atom stereocenters. The number of nitriles is 1. The fourth-order valence-corrected chi connectivity index (χ4v) is 2.67. The Morgan fingerprint density at radius 2 is 2.04 bits per heavy atom. The van der Waals surface area contributed by atoms with Crippen molar-refractivity contribution in [2.75, 3.05) is 18.5 Å². The monoisotopic (exact) mass is 328 g/mol. The van der Waals surface area contributed by atoms with Gasteiger partial charge in [0.2, 0.25) is 5.89 Å². The van der Waals surface area contributed by atoms with Crippen LogP contribution in [0, 0.1) is 17.2 Å². The largest absolute Gasteiger partial charge is 0.381 e. The first kappa shape index (κ1) is 16.3. The molecule has 0 aromatic carbocycles. The summed E-state index contributed by atoms with van der Waals surface area (Å²) in [5.74, 6) is 2.32. The van der Waals surface area contributed by atoms with Crippen molar-refractivity contribution in [3.05, 3.63) is 29.5 Å². The minimum atomic E-state index is -0.156. The Hall–Kier alpha value is -2.53. The molecule has 0 radical (unpaired) electrons. The van der Waals surface area contributed by atoms with Crippen molar-refractivity contribution in [2.45, 2.75) is 38.6 Å². The molecule has 0 saturated carbocycles. The SMILES string of the molecule is CC(C)c1noc([C@H](Nc2ccc(C#N)nn2)C2CCOCC2)n1.